The van der Waals surface area contributed by atoms with Crippen molar-refractivity contribution < 1.29 is 4.79 Å². The number of pyridine rings is 1. The summed E-state index contributed by atoms with van der Waals surface area (Å²) in [5, 5.41) is 10.1. The third-order valence-electron chi connectivity index (χ3n) is 5.29. The van der Waals surface area contributed by atoms with Crippen LogP contribution in [0, 0.1) is 25.7 Å². The smallest absolute Gasteiger partial charge is 0.241 e. The van der Waals surface area contributed by atoms with Crippen molar-refractivity contribution in [2.75, 3.05) is 5.32 Å². The number of rotatable bonds is 4. The SMILES string of the molecule is Cc1n[nH]c(C)c1-c1ccc(NC(=O)[C@@H](N)C2CCC(C)CC2)cn1. The first kappa shape index (κ1) is 17.6. The molecule has 134 valence electrons. The predicted octanol–water partition coefficient (Wildman–Crippen LogP) is 3.18. The van der Waals surface area contributed by atoms with E-state index in [0.717, 1.165) is 54.2 Å². The van der Waals surface area contributed by atoms with E-state index < -0.39 is 6.04 Å². The Morgan fingerprint density at radius 3 is 2.56 bits per heavy atom. The van der Waals surface area contributed by atoms with Crippen molar-refractivity contribution in [1.82, 2.24) is 15.2 Å². The van der Waals surface area contributed by atoms with Crippen LogP contribution in [-0.4, -0.2) is 27.1 Å². The molecule has 1 amide bonds. The van der Waals surface area contributed by atoms with Gasteiger partial charge in [-0.05, 0) is 50.7 Å². The molecule has 4 N–H and O–H groups in total. The minimum Gasteiger partial charge on any atom is -0.323 e. The summed E-state index contributed by atoms with van der Waals surface area (Å²) in [6, 6.07) is 3.31. The molecule has 1 saturated carbocycles. The van der Waals surface area contributed by atoms with E-state index in [-0.39, 0.29) is 11.8 Å². The Morgan fingerprint density at radius 2 is 2.00 bits per heavy atom. The first-order chi connectivity index (χ1) is 12.0. The fraction of sp³-hybridized carbons (Fsp3) is 0.526. The molecule has 2 heterocycles. The van der Waals surface area contributed by atoms with Crippen LogP contribution in [-0.2, 0) is 4.79 Å². The van der Waals surface area contributed by atoms with E-state index in [2.05, 4.69) is 27.4 Å². The quantitative estimate of drug-likeness (QED) is 0.795. The fourth-order valence-electron chi connectivity index (χ4n) is 3.63. The molecule has 0 spiro atoms. The van der Waals surface area contributed by atoms with Crippen LogP contribution in [0.2, 0.25) is 0 Å². The van der Waals surface area contributed by atoms with E-state index in [4.69, 9.17) is 5.73 Å². The van der Waals surface area contributed by atoms with Crippen molar-refractivity contribution in [3.05, 3.63) is 29.7 Å². The number of anilines is 1. The third kappa shape index (κ3) is 3.90. The largest absolute Gasteiger partial charge is 0.323 e. The second-order valence-electron chi connectivity index (χ2n) is 7.28. The van der Waals surface area contributed by atoms with Crippen molar-refractivity contribution in [2.24, 2.45) is 17.6 Å². The molecule has 6 heteroatoms. The highest BCUT2D eigenvalue weighted by atomic mass is 16.2. The highest BCUT2D eigenvalue weighted by Gasteiger charge is 2.28. The second-order valence-corrected chi connectivity index (χ2v) is 7.28. The zero-order chi connectivity index (χ0) is 18.0. The van der Waals surface area contributed by atoms with Gasteiger partial charge in [-0.2, -0.15) is 5.10 Å². The summed E-state index contributed by atoms with van der Waals surface area (Å²) in [6.07, 6.45) is 6.06. The molecule has 3 rings (SSSR count). The van der Waals surface area contributed by atoms with Gasteiger partial charge in [0.05, 0.1) is 29.3 Å². The topological polar surface area (TPSA) is 96.7 Å². The summed E-state index contributed by atoms with van der Waals surface area (Å²) in [5.41, 5.74) is 10.6. The lowest BCUT2D eigenvalue weighted by molar-refractivity contribution is -0.118. The Morgan fingerprint density at radius 1 is 1.28 bits per heavy atom. The first-order valence-electron chi connectivity index (χ1n) is 9.00. The van der Waals surface area contributed by atoms with Gasteiger partial charge in [-0.15, -0.1) is 0 Å². The van der Waals surface area contributed by atoms with Crippen molar-refractivity contribution in [1.29, 1.82) is 0 Å². The molecule has 1 aliphatic carbocycles. The Kier molecular flexibility index (Phi) is 5.18. The lowest BCUT2D eigenvalue weighted by Crippen LogP contribution is -2.43. The van der Waals surface area contributed by atoms with E-state index >= 15 is 0 Å². The number of aromatic nitrogens is 3. The number of nitrogens with one attached hydrogen (secondary N) is 2. The molecular formula is C19H27N5O. The maximum atomic E-state index is 12.4. The summed E-state index contributed by atoms with van der Waals surface area (Å²) >= 11 is 0. The van der Waals surface area contributed by atoms with Crippen LogP contribution in [0.25, 0.3) is 11.3 Å². The number of aryl methyl sites for hydroxylation is 2. The Balaban J connectivity index is 1.64. The Bertz CT molecular complexity index is 709. The normalized spacial score (nSPS) is 21.8. The van der Waals surface area contributed by atoms with Crippen LogP contribution in [0.5, 0.6) is 0 Å². The van der Waals surface area contributed by atoms with E-state index in [1.54, 1.807) is 6.20 Å². The van der Waals surface area contributed by atoms with Crippen LogP contribution in [0.1, 0.15) is 44.0 Å². The highest BCUT2D eigenvalue weighted by Crippen LogP contribution is 2.30. The lowest BCUT2D eigenvalue weighted by Gasteiger charge is -2.29. The number of amides is 1. The average Bonchev–Trinajstić information content (AvgIpc) is 2.94. The molecule has 2 aromatic rings. The Labute approximate surface area is 148 Å². The summed E-state index contributed by atoms with van der Waals surface area (Å²) in [5.74, 6) is 0.905. The number of nitrogens with two attached hydrogens (primary N) is 1. The molecular weight excluding hydrogens is 314 g/mol. The molecule has 0 bridgehead atoms. The molecule has 0 saturated heterocycles. The molecule has 0 aromatic carbocycles. The maximum Gasteiger partial charge on any atom is 0.241 e. The monoisotopic (exact) mass is 341 g/mol. The average molecular weight is 341 g/mol. The zero-order valence-electron chi connectivity index (χ0n) is 15.2. The zero-order valence-corrected chi connectivity index (χ0v) is 15.2. The summed E-state index contributed by atoms with van der Waals surface area (Å²) < 4.78 is 0. The number of carbonyl (C=O) groups excluding carboxylic acids is 1. The van der Waals surface area contributed by atoms with Crippen molar-refractivity contribution in [3.8, 4) is 11.3 Å². The van der Waals surface area contributed by atoms with Gasteiger partial charge < -0.3 is 11.1 Å². The number of hydrogen-bond acceptors (Lipinski definition) is 4. The van der Waals surface area contributed by atoms with Crippen LogP contribution in [0.15, 0.2) is 18.3 Å². The number of hydrogen-bond donors (Lipinski definition) is 3. The molecule has 2 aromatic heterocycles. The fourth-order valence-corrected chi connectivity index (χ4v) is 3.63. The van der Waals surface area contributed by atoms with Crippen molar-refractivity contribution in [2.45, 2.75) is 52.5 Å². The van der Waals surface area contributed by atoms with Gasteiger partial charge in [0.15, 0.2) is 0 Å². The van der Waals surface area contributed by atoms with Crippen molar-refractivity contribution in [3.63, 3.8) is 0 Å². The first-order valence-corrected chi connectivity index (χ1v) is 9.00. The molecule has 1 atom stereocenters. The number of H-pyrrole nitrogens is 1. The molecule has 25 heavy (non-hydrogen) atoms. The van der Waals surface area contributed by atoms with Crippen LogP contribution in [0.3, 0.4) is 0 Å². The van der Waals surface area contributed by atoms with Crippen LogP contribution in [0.4, 0.5) is 5.69 Å². The van der Waals surface area contributed by atoms with E-state index in [1.807, 2.05) is 26.0 Å². The minimum atomic E-state index is -0.453. The molecule has 0 radical (unpaired) electrons. The van der Waals surface area contributed by atoms with E-state index in [0.29, 0.717) is 5.69 Å². The van der Waals surface area contributed by atoms with Gasteiger partial charge >= 0.3 is 0 Å². The number of nitrogens with zero attached hydrogens (tertiary/aromatic N) is 2. The number of carbonyl (C=O) groups is 1. The van der Waals surface area contributed by atoms with Gasteiger partial charge in [0.2, 0.25) is 5.91 Å². The van der Waals surface area contributed by atoms with Gasteiger partial charge in [0, 0.05) is 11.3 Å². The molecule has 1 fully saturated rings. The third-order valence-corrected chi connectivity index (χ3v) is 5.29. The van der Waals surface area contributed by atoms with Gasteiger partial charge in [0.25, 0.3) is 0 Å². The highest BCUT2D eigenvalue weighted by molar-refractivity contribution is 5.94. The van der Waals surface area contributed by atoms with E-state index in [1.165, 1.54) is 0 Å². The summed E-state index contributed by atoms with van der Waals surface area (Å²) in [7, 11) is 0. The molecule has 0 aliphatic heterocycles. The molecule has 1 aliphatic rings. The standard InChI is InChI=1S/C19H27N5O/c1-11-4-6-14(7-5-11)18(20)19(25)22-15-8-9-16(21-10-15)17-12(2)23-24-13(17)3/h8-11,14,18H,4-7,20H2,1-3H3,(H,22,25)(H,23,24)/t11?,14?,18-/m0/s1. The summed E-state index contributed by atoms with van der Waals surface area (Å²) in [6.45, 7) is 6.18. The maximum absolute atomic E-state index is 12.4. The minimum absolute atomic E-state index is 0.121. The van der Waals surface area contributed by atoms with Gasteiger partial charge in [-0.25, -0.2) is 0 Å². The Hall–Kier alpha value is -2.21. The van der Waals surface area contributed by atoms with Crippen molar-refractivity contribution >= 4 is 11.6 Å². The van der Waals surface area contributed by atoms with Gasteiger partial charge in [-0.3, -0.25) is 14.9 Å². The van der Waals surface area contributed by atoms with Gasteiger partial charge in [0.1, 0.15) is 0 Å². The summed E-state index contributed by atoms with van der Waals surface area (Å²) in [4.78, 5) is 16.9. The number of aromatic amines is 1. The van der Waals surface area contributed by atoms with Gasteiger partial charge in [-0.1, -0.05) is 19.8 Å². The van der Waals surface area contributed by atoms with Crippen LogP contribution >= 0.6 is 0 Å². The van der Waals surface area contributed by atoms with E-state index in [9.17, 15) is 4.79 Å². The lowest BCUT2D eigenvalue weighted by atomic mass is 9.79. The predicted molar refractivity (Wildman–Crippen MR) is 99.0 cm³/mol. The molecule has 0 unspecified atom stereocenters. The second kappa shape index (κ2) is 7.35. The molecule has 6 nitrogen and oxygen atoms in total. The van der Waals surface area contributed by atoms with Crippen LogP contribution < -0.4 is 11.1 Å².